The maximum atomic E-state index is 13.1. The zero-order chi connectivity index (χ0) is 28.6. The van der Waals surface area contributed by atoms with E-state index < -0.39 is 0 Å². The lowest BCUT2D eigenvalue weighted by molar-refractivity contribution is -0.116. The Kier molecular flexibility index (Phi) is 7.47. The summed E-state index contributed by atoms with van der Waals surface area (Å²) in [7, 11) is 3.75. The number of anilines is 1. The van der Waals surface area contributed by atoms with E-state index >= 15 is 0 Å². The first kappa shape index (κ1) is 27.2. The quantitative estimate of drug-likeness (QED) is 0.241. The van der Waals surface area contributed by atoms with Crippen LogP contribution >= 0.6 is 0 Å². The van der Waals surface area contributed by atoms with E-state index in [1.807, 2.05) is 54.9 Å². The molecule has 1 aromatic carbocycles. The van der Waals surface area contributed by atoms with Crippen LogP contribution in [0.1, 0.15) is 56.9 Å². The molecule has 0 saturated carbocycles. The van der Waals surface area contributed by atoms with Gasteiger partial charge in [0.2, 0.25) is 5.91 Å². The highest BCUT2D eigenvalue weighted by molar-refractivity contribution is 6.03. The summed E-state index contributed by atoms with van der Waals surface area (Å²) in [5.41, 5.74) is 6.24. The summed E-state index contributed by atoms with van der Waals surface area (Å²) in [4.78, 5) is 44.8. The number of aliphatic imine (C=N–C) groups is 1. The number of aryl methyl sites for hydroxylation is 4. The van der Waals surface area contributed by atoms with Crippen molar-refractivity contribution in [3.63, 3.8) is 0 Å². The predicted octanol–water partition coefficient (Wildman–Crippen LogP) is 4.69. The molecule has 2 aliphatic rings. The van der Waals surface area contributed by atoms with Gasteiger partial charge in [-0.1, -0.05) is 12.2 Å². The van der Waals surface area contributed by atoms with Gasteiger partial charge in [-0.2, -0.15) is 0 Å². The van der Waals surface area contributed by atoms with Gasteiger partial charge in [-0.25, -0.2) is 0 Å². The monoisotopic (exact) mass is 541 g/mol. The molecule has 1 atom stereocenters. The van der Waals surface area contributed by atoms with Crippen molar-refractivity contribution >= 4 is 35.2 Å². The number of aromatic nitrogens is 2. The number of nitrogens with one attached hydrogen (secondary N) is 1. The van der Waals surface area contributed by atoms with Crippen LogP contribution in [-0.4, -0.2) is 57.0 Å². The van der Waals surface area contributed by atoms with E-state index in [1.165, 1.54) is 0 Å². The molecular formula is C31H35N5O4. The number of ketones is 1. The highest BCUT2D eigenvalue weighted by atomic mass is 16.5. The van der Waals surface area contributed by atoms with Crippen LogP contribution in [-0.2, 0) is 25.3 Å². The summed E-state index contributed by atoms with van der Waals surface area (Å²) in [5, 5.41) is 2.88. The Balaban J connectivity index is 1.13. The molecule has 1 fully saturated rings. The fraction of sp³-hybridized carbons (Fsp3) is 0.355. The predicted molar refractivity (Wildman–Crippen MR) is 155 cm³/mol. The smallest absolute Gasteiger partial charge is 0.256 e. The molecule has 1 N–H and O–H groups in total. The summed E-state index contributed by atoms with van der Waals surface area (Å²) in [6.45, 7) is 8.82. The number of ether oxygens (including phenoxy) is 1. The molecular weight excluding hydrogens is 506 g/mol. The van der Waals surface area contributed by atoms with Gasteiger partial charge in [0.05, 0.1) is 35.3 Å². The van der Waals surface area contributed by atoms with Crippen molar-refractivity contribution in [3.05, 3.63) is 76.9 Å². The summed E-state index contributed by atoms with van der Waals surface area (Å²) >= 11 is 0. The van der Waals surface area contributed by atoms with E-state index in [4.69, 9.17) is 4.74 Å². The first-order chi connectivity index (χ1) is 19.1. The SMILES string of the molecule is C=C1C[C@@H]2C=Nc3cc(OCCCC(=O)Nc4cc(C(=O)Cc5cc(C)n(C)c5)n(C)c4)c(C)cc3C(=O)N2C1. The number of nitrogens with zero attached hydrogens (tertiary/aromatic N) is 4. The molecule has 40 heavy (non-hydrogen) atoms. The second-order valence-electron chi connectivity index (χ2n) is 10.8. The minimum Gasteiger partial charge on any atom is -0.493 e. The number of carbonyl (C=O) groups excluding carboxylic acids is 3. The van der Waals surface area contributed by atoms with E-state index in [0.717, 1.165) is 28.8 Å². The largest absolute Gasteiger partial charge is 0.493 e. The van der Waals surface area contributed by atoms with Gasteiger partial charge >= 0.3 is 0 Å². The van der Waals surface area contributed by atoms with Crippen molar-refractivity contribution in [2.24, 2.45) is 19.1 Å². The zero-order valence-corrected chi connectivity index (χ0v) is 23.5. The molecule has 2 aromatic heterocycles. The second-order valence-corrected chi connectivity index (χ2v) is 10.8. The summed E-state index contributed by atoms with van der Waals surface area (Å²) in [6, 6.07) is 7.30. The minimum atomic E-state index is -0.150. The standard InChI is InChI=1S/C31H35N5O4/c1-19-9-24-15-32-26-14-29(20(2)10-25(26)31(39)36(24)16-19)40-8-6-7-30(38)33-23-13-27(35(5)18-23)28(37)12-22-11-21(3)34(4)17-22/h10-11,13-15,17-18,24H,1,6-9,12,16H2,2-5H3,(H,33,38)/t24-/m1/s1. The van der Waals surface area contributed by atoms with Crippen molar-refractivity contribution in [1.29, 1.82) is 0 Å². The van der Waals surface area contributed by atoms with E-state index in [0.29, 0.717) is 54.4 Å². The average Bonchev–Trinajstić information content (AvgIpc) is 3.54. The fourth-order valence-corrected chi connectivity index (χ4v) is 5.30. The second kappa shape index (κ2) is 11.0. The van der Waals surface area contributed by atoms with Crippen LogP contribution < -0.4 is 10.1 Å². The van der Waals surface area contributed by atoms with Gasteiger partial charge in [-0.15, -0.1) is 0 Å². The number of carbonyl (C=O) groups is 3. The van der Waals surface area contributed by atoms with Crippen LogP contribution in [0.5, 0.6) is 5.75 Å². The molecule has 9 heteroatoms. The molecule has 2 aliphatic heterocycles. The van der Waals surface area contributed by atoms with Crippen LogP contribution in [0.25, 0.3) is 0 Å². The number of Topliss-reactive ketones (excluding diaryl/α,β-unsaturated/α-hetero) is 1. The molecule has 2 amide bonds. The van der Waals surface area contributed by atoms with Crippen LogP contribution in [0.4, 0.5) is 11.4 Å². The van der Waals surface area contributed by atoms with Gasteiger partial charge < -0.3 is 24.1 Å². The van der Waals surface area contributed by atoms with Crippen LogP contribution in [0.15, 0.2) is 53.8 Å². The van der Waals surface area contributed by atoms with Gasteiger partial charge in [-0.05, 0) is 56.0 Å². The number of fused-ring (bicyclic) bond motifs is 2. The number of benzene rings is 1. The lowest BCUT2D eigenvalue weighted by Crippen LogP contribution is -2.35. The molecule has 0 bridgehead atoms. The highest BCUT2D eigenvalue weighted by Gasteiger charge is 2.33. The average molecular weight is 542 g/mol. The molecule has 0 spiro atoms. The van der Waals surface area contributed by atoms with Gasteiger partial charge in [0.15, 0.2) is 5.78 Å². The Bertz CT molecular complexity index is 1520. The van der Waals surface area contributed by atoms with Crippen molar-refractivity contribution in [3.8, 4) is 5.75 Å². The number of hydrogen-bond donors (Lipinski definition) is 1. The van der Waals surface area contributed by atoms with Crippen LogP contribution in [0.3, 0.4) is 0 Å². The molecule has 3 aromatic rings. The minimum absolute atomic E-state index is 0.00462. The van der Waals surface area contributed by atoms with E-state index in [-0.39, 0.29) is 30.1 Å². The maximum Gasteiger partial charge on any atom is 0.256 e. The third-order valence-corrected chi connectivity index (χ3v) is 7.52. The summed E-state index contributed by atoms with van der Waals surface area (Å²) in [6.07, 6.45) is 7.34. The molecule has 0 radical (unpaired) electrons. The van der Waals surface area contributed by atoms with Gasteiger partial charge in [0.1, 0.15) is 5.75 Å². The third-order valence-electron chi connectivity index (χ3n) is 7.52. The third kappa shape index (κ3) is 5.64. The molecule has 1 saturated heterocycles. The molecule has 0 unspecified atom stereocenters. The van der Waals surface area contributed by atoms with E-state index in [2.05, 4.69) is 16.9 Å². The Morgan fingerprint density at radius 1 is 1.12 bits per heavy atom. The van der Waals surface area contributed by atoms with Gasteiger partial charge in [0, 0.05) is 63.9 Å². The molecule has 208 valence electrons. The lowest BCUT2D eigenvalue weighted by atomic mass is 10.1. The summed E-state index contributed by atoms with van der Waals surface area (Å²) in [5.74, 6) is 0.455. The Morgan fingerprint density at radius 2 is 1.93 bits per heavy atom. The fourth-order valence-electron chi connectivity index (χ4n) is 5.30. The van der Waals surface area contributed by atoms with Crippen molar-refractivity contribution in [2.45, 2.75) is 45.6 Å². The number of hydrogen-bond acceptors (Lipinski definition) is 5. The van der Waals surface area contributed by atoms with E-state index in [9.17, 15) is 14.4 Å². The first-order valence-corrected chi connectivity index (χ1v) is 13.5. The first-order valence-electron chi connectivity index (χ1n) is 13.5. The van der Waals surface area contributed by atoms with E-state index in [1.54, 1.807) is 29.9 Å². The molecule has 5 rings (SSSR count). The number of rotatable bonds is 9. The Labute approximate surface area is 234 Å². The zero-order valence-electron chi connectivity index (χ0n) is 23.5. The highest BCUT2D eigenvalue weighted by Crippen LogP contribution is 2.34. The normalized spacial score (nSPS) is 16.1. The maximum absolute atomic E-state index is 13.1. The Hall–Kier alpha value is -4.40. The van der Waals surface area contributed by atoms with Crippen LogP contribution in [0, 0.1) is 13.8 Å². The lowest BCUT2D eigenvalue weighted by Gasteiger charge is -2.20. The molecule has 0 aliphatic carbocycles. The van der Waals surface area contributed by atoms with Crippen LogP contribution in [0.2, 0.25) is 0 Å². The van der Waals surface area contributed by atoms with Gasteiger partial charge in [-0.3, -0.25) is 19.4 Å². The van der Waals surface area contributed by atoms with Gasteiger partial charge in [0.25, 0.3) is 5.91 Å². The summed E-state index contributed by atoms with van der Waals surface area (Å²) < 4.78 is 9.70. The Morgan fingerprint density at radius 3 is 2.67 bits per heavy atom. The topological polar surface area (TPSA) is 97.9 Å². The molecule has 4 heterocycles. The molecule has 9 nitrogen and oxygen atoms in total. The van der Waals surface area contributed by atoms with Crippen molar-refractivity contribution < 1.29 is 19.1 Å². The number of amides is 2. The van der Waals surface area contributed by atoms with Crippen molar-refractivity contribution in [1.82, 2.24) is 14.0 Å². The van der Waals surface area contributed by atoms with Crippen molar-refractivity contribution in [2.75, 3.05) is 18.5 Å².